The first kappa shape index (κ1) is 15.3. The molecule has 1 amide bonds. The van der Waals surface area contributed by atoms with Gasteiger partial charge >= 0.3 is 0 Å². The number of aromatic amines is 1. The average molecular weight is 330 g/mol. The van der Waals surface area contributed by atoms with Crippen molar-refractivity contribution >= 4 is 12.1 Å². The number of hydrogen-bond donors (Lipinski definition) is 2. The lowest BCUT2D eigenvalue weighted by atomic mass is 9.89. The maximum absolute atomic E-state index is 12.5. The molecule has 0 radical (unpaired) electrons. The maximum Gasteiger partial charge on any atom is 0.289 e. The molecule has 0 spiro atoms. The molecular weight excluding hydrogens is 312 g/mol. The lowest BCUT2D eigenvalue weighted by Gasteiger charge is -2.15. The molecule has 5 heteroatoms. The van der Waals surface area contributed by atoms with Gasteiger partial charge in [0.2, 0.25) is 0 Å². The predicted octanol–water partition coefficient (Wildman–Crippen LogP) is 3.25. The molecule has 1 aromatic heterocycles. The summed E-state index contributed by atoms with van der Waals surface area (Å²) in [7, 11) is 0. The van der Waals surface area contributed by atoms with Gasteiger partial charge in [0.15, 0.2) is 0 Å². The van der Waals surface area contributed by atoms with Crippen LogP contribution in [0.5, 0.6) is 0 Å². The van der Waals surface area contributed by atoms with Crippen LogP contribution >= 0.6 is 0 Å². The zero-order valence-corrected chi connectivity index (χ0v) is 13.9. The van der Waals surface area contributed by atoms with Crippen LogP contribution in [0.1, 0.15) is 32.7 Å². The molecule has 0 aliphatic heterocycles. The van der Waals surface area contributed by atoms with Gasteiger partial charge in [0.1, 0.15) is 5.69 Å². The van der Waals surface area contributed by atoms with Crippen molar-refractivity contribution in [2.75, 3.05) is 0 Å². The summed E-state index contributed by atoms with van der Waals surface area (Å²) < 4.78 is 0. The van der Waals surface area contributed by atoms with Gasteiger partial charge in [-0.25, -0.2) is 5.43 Å². The topological polar surface area (TPSA) is 70.1 Å². The van der Waals surface area contributed by atoms with Gasteiger partial charge < -0.3 is 0 Å². The number of rotatable bonds is 3. The summed E-state index contributed by atoms with van der Waals surface area (Å²) in [6, 6.07) is 16.1. The van der Waals surface area contributed by atoms with E-state index in [9.17, 15) is 4.79 Å². The molecule has 0 atom stereocenters. The van der Waals surface area contributed by atoms with Crippen molar-refractivity contribution in [1.29, 1.82) is 0 Å². The highest BCUT2D eigenvalue weighted by molar-refractivity contribution is 5.96. The first-order valence-corrected chi connectivity index (χ1v) is 8.28. The van der Waals surface area contributed by atoms with E-state index >= 15 is 0 Å². The number of nitrogens with one attached hydrogen (secondary N) is 2. The van der Waals surface area contributed by atoms with Crippen LogP contribution in [-0.2, 0) is 12.8 Å². The van der Waals surface area contributed by atoms with Crippen LogP contribution in [-0.4, -0.2) is 22.3 Å². The van der Waals surface area contributed by atoms with Gasteiger partial charge in [0.25, 0.3) is 5.91 Å². The third kappa shape index (κ3) is 2.96. The minimum absolute atomic E-state index is 0.267. The standard InChI is InChI=1S/C20H18N4O/c1-13-5-4-6-14(11-13)12-21-24-20(25)19-17-10-9-15-7-2-3-8-16(15)18(17)22-23-19/h2-8,11-12H,9-10H2,1H3,(H,22,23)(H,24,25)/b21-12+. The van der Waals surface area contributed by atoms with Crippen molar-refractivity contribution in [1.82, 2.24) is 15.6 Å². The number of carbonyl (C=O) groups is 1. The van der Waals surface area contributed by atoms with E-state index in [4.69, 9.17) is 0 Å². The zero-order chi connectivity index (χ0) is 17.2. The summed E-state index contributed by atoms with van der Waals surface area (Å²) in [6.45, 7) is 2.02. The van der Waals surface area contributed by atoms with Crippen LogP contribution in [0.25, 0.3) is 11.3 Å². The van der Waals surface area contributed by atoms with Crippen LogP contribution in [0.15, 0.2) is 53.6 Å². The number of fused-ring (bicyclic) bond motifs is 3. The first-order chi connectivity index (χ1) is 12.2. The Balaban J connectivity index is 1.54. The van der Waals surface area contributed by atoms with Gasteiger partial charge in [0, 0.05) is 11.1 Å². The molecule has 124 valence electrons. The van der Waals surface area contributed by atoms with Crippen molar-refractivity contribution in [2.45, 2.75) is 19.8 Å². The number of benzene rings is 2. The van der Waals surface area contributed by atoms with E-state index in [0.717, 1.165) is 40.8 Å². The van der Waals surface area contributed by atoms with Crippen molar-refractivity contribution in [3.8, 4) is 11.3 Å². The monoisotopic (exact) mass is 330 g/mol. The molecule has 3 aromatic rings. The normalized spacial score (nSPS) is 12.7. The maximum atomic E-state index is 12.5. The second kappa shape index (κ2) is 6.36. The molecule has 5 nitrogen and oxygen atoms in total. The third-order valence-corrected chi connectivity index (χ3v) is 4.43. The Morgan fingerprint density at radius 3 is 2.96 bits per heavy atom. The summed E-state index contributed by atoms with van der Waals surface area (Å²) in [5, 5.41) is 11.3. The Morgan fingerprint density at radius 2 is 2.08 bits per heavy atom. The fourth-order valence-corrected chi connectivity index (χ4v) is 3.22. The molecule has 0 saturated heterocycles. The lowest BCUT2D eigenvalue weighted by molar-refractivity contribution is 0.0949. The zero-order valence-electron chi connectivity index (χ0n) is 13.9. The van der Waals surface area contributed by atoms with Gasteiger partial charge in [0.05, 0.1) is 11.9 Å². The van der Waals surface area contributed by atoms with Gasteiger partial charge in [-0.1, -0.05) is 54.1 Å². The Bertz CT molecular complexity index is 971. The SMILES string of the molecule is Cc1cccc(/C=N/NC(=O)c2[nH]nc3c2CCc2ccccc2-3)c1. The number of amides is 1. The molecular formula is C20H18N4O. The second-order valence-corrected chi connectivity index (χ2v) is 6.20. The van der Waals surface area contributed by atoms with Gasteiger partial charge in [-0.05, 0) is 30.9 Å². The molecule has 1 aliphatic carbocycles. The van der Waals surface area contributed by atoms with E-state index in [0.29, 0.717) is 5.69 Å². The predicted molar refractivity (Wildman–Crippen MR) is 97.7 cm³/mol. The van der Waals surface area contributed by atoms with E-state index < -0.39 is 0 Å². The molecule has 2 aromatic carbocycles. The number of nitrogens with zero attached hydrogens (tertiary/aromatic N) is 2. The minimum Gasteiger partial charge on any atom is -0.272 e. The number of H-pyrrole nitrogens is 1. The highest BCUT2D eigenvalue weighted by Crippen LogP contribution is 2.33. The van der Waals surface area contributed by atoms with Gasteiger partial charge in [-0.3, -0.25) is 9.89 Å². The molecule has 1 heterocycles. The Kier molecular flexibility index (Phi) is 3.90. The van der Waals surface area contributed by atoms with Crippen LogP contribution < -0.4 is 5.43 Å². The molecule has 2 N–H and O–H groups in total. The molecule has 4 rings (SSSR count). The minimum atomic E-state index is -0.267. The number of hydrogen-bond acceptors (Lipinski definition) is 3. The Morgan fingerprint density at radius 1 is 1.20 bits per heavy atom. The number of carbonyl (C=O) groups excluding carboxylic acids is 1. The lowest BCUT2D eigenvalue weighted by Crippen LogP contribution is -2.20. The quantitative estimate of drug-likeness (QED) is 0.572. The molecule has 0 saturated carbocycles. The first-order valence-electron chi connectivity index (χ1n) is 8.28. The summed E-state index contributed by atoms with van der Waals surface area (Å²) in [5.41, 5.74) is 9.37. The third-order valence-electron chi connectivity index (χ3n) is 4.43. The molecule has 0 unspecified atom stereocenters. The van der Waals surface area contributed by atoms with Crippen LogP contribution in [0, 0.1) is 6.92 Å². The van der Waals surface area contributed by atoms with E-state index in [1.165, 1.54) is 5.56 Å². The van der Waals surface area contributed by atoms with E-state index in [1.807, 2.05) is 49.4 Å². The second-order valence-electron chi connectivity index (χ2n) is 6.20. The van der Waals surface area contributed by atoms with Crippen molar-refractivity contribution in [2.24, 2.45) is 5.10 Å². The summed E-state index contributed by atoms with van der Waals surface area (Å²) in [6.07, 6.45) is 3.35. The summed E-state index contributed by atoms with van der Waals surface area (Å²) in [5.74, 6) is -0.267. The molecule has 0 fully saturated rings. The Hall–Kier alpha value is -3.21. The van der Waals surface area contributed by atoms with Crippen molar-refractivity contribution in [3.05, 3.63) is 76.5 Å². The smallest absolute Gasteiger partial charge is 0.272 e. The fraction of sp³-hybridized carbons (Fsp3) is 0.150. The molecule has 25 heavy (non-hydrogen) atoms. The molecule has 1 aliphatic rings. The van der Waals surface area contributed by atoms with E-state index in [-0.39, 0.29) is 5.91 Å². The highest BCUT2D eigenvalue weighted by atomic mass is 16.2. The average Bonchev–Trinajstić information content (AvgIpc) is 3.06. The fourth-order valence-electron chi connectivity index (χ4n) is 3.22. The van der Waals surface area contributed by atoms with E-state index in [2.05, 4.69) is 26.8 Å². The van der Waals surface area contributed by atoms with Crippen molar-refractivity contribution < 1.29 is 4.79 Å². The van der Waals surface area contributed by atoms with E-state index in [1.54, 1.807) is 6.21 Å². The van der Waals surface area contributed by atoms with Gasteiger partial charge in [-0.2, -0.15) is 10.2 Å². The summed E-state index contributed by atoms with van der Waals surface area (Å²) >= 11 is 0. The number of aromatic nitrogens is 2. The highest BCUT2D eigenvalue weighted by Gasteiger charge is 2.24. The Labute approximate surface area is 145 Å². The number of aryl methyl sites for hydroxylation is 2. The van der Waals surface area contributed by atoms with Crippen molar-refractivity contribution in [3.63, 3.8) is 0 Å². The van der Waals surface area contributed by atoms with Crippen LogP contribution in [0.4, 0.5) is 0 Å². The van der Waals surface area contributed by atoms with Gasteiger partial charge in [-0.15, -0.1) is 0 Å². The van der Waals surface area contributed by atoms with Crippen LogP contribution in [0.3, 0.4) is 0 Å². The number of hydrazone groups is 1. The summed E-state index contributed by atoms with van der Waals surface area (Å²) in [4.78, 5) is 12.5. The van der Waals surface area contributed by atoms with Crippen LogP contribution in [0.2, 0.25) is 0 Å². The molecule has 0 bridgehead atoms. The largest absolute Gasteiger partial charge is 0.289 e.